The SMILES string of the molecule is Cc1ccc(-n2cc(C(=O)Nc3ccc(NC(=O)C(C)n4cncn4)cc3)c(-c3ccccc3)n2)cc1. The lowest BCUT2D eigenvalue weighted by atomic mass is 10.1. The van der Waals surface area contributed by atoms with E-state index in [9.17, 15) is 9.59 Å². The highest BCUT2D eigenvalue weighted by molar-refractivity contribution is 6.08. The third-order valence-corrected chi connectivity index (χ3v) is 5.93. The van der Waals surface area contributed by atoms with Crippen molar-refractivity contribution >= 4 is 23.2 Å². The summed E-state index contributed by atoms with van der Waals surface area (Å²) in [6.45, 7) is 3.76. The second-order valence-electron chi connectivity index (χ2n) is 8.61. The Balaban J connectivity index is 1.34. The Labute approximate surface area is 213 Å². The van der Waals surface area contributed by atoms with Crippen molar-refractivity contribution in [3.8, 4) is 16.9 Å². The van der Waals surface area contributed by atoms with Crippen LogP contribution in [0.1, 0.15) is 28.9 Å². The first kappa shape index (κ1) is 23.7. The maximum absolute atomic E-state index is 13.3. The molecule has 0 radical (unpaired) electrons. The zero-order valence-electron chi connectivity index (χ0n) is 20.4. The number of rotatable bonds is 7. The lowest BCUT2D eigenvalue weighted by molar-refractivity contribution is -0.119. The minimum Gasteiger partial charge on any atom is -0.324 e. The molecule has 3 aromatic carbocycles. The van der Waals surface area contributed by atoms with Gasteiger partial charge in [0.15, 0.2) is 0 Å². The summed E-state index contributed by atoms with van der Waals surface area (Å²) in [6.07, 6.45) is 4.62. The molecular weight excluding hydrogens is 466 g/mol. The molecule has 0 saturated carbocycles. The van der Waals surface area contributed by atoms with E-state index in [1.807, 2.05) is 61.5 Å². The van der Waals surface area contributed by atoms with Crippen molar-refractivity contribution in [2.24, 2.45) is 0 Å². The van der Waals surface area contributed by atoms with Crippen molar-refractivity contribution < 1.29 is 9.59 Å². The molecule has 0 aliphatic heterocycles. The van der Waals surface area contributed by atoms with E-state index in [2.05, 4.69) is 20.7 Å². The molecule has 0 aliphatic carbocycles. The summed E-state index contributed by atoms with van der Waals surface area (Å²) in [7, 11) is 0. The van der Waals surface area contributed by atoms with Crippen molar-refractivity contribution in [1.82, 2.24) is 24.5 Å². The van der Waals surface area contributed by atoms with E-state index in [1.54, 1.807) is 42.1 Å². The van der Waals surface area contributed by atoms with Gasteiger partial charge in [-0.2, -0.15) is 10.2 Å². The zero-order valence-corrected chi connectivity index (χ0v) is 20.4. The molecule has 5 aromatic rings. The highest BCUT2D eigenvalue weighted by Gasteiger charge is 2.19. The Kier molecular flexibility index (Phi) is 6.58. The number of carbonyl (C=O) groups excluding carboxylic acids is 2. The van der Waals surface area contributed by atoms with Gasteiger partial charge < -0.3 is 10.6 Å². The first-order valence-corrected chi connectivity index (χ1v) is 11.8. The Hall–Kier alpha value is -5.05. The number of carbonyl (C=O) groups is 2. The molecule has 9 nitrogen and oxygen atoms in total. The summed E-state index contributed by atoms with van der Waals surface area (Å²) < 4.78 is 3.19. The van der Waals surface area contributed by atoms with Crippen LogP contribution < -0.4 is 10.6 Å². The normalized spacial score (nSPS) is 11.6. The maximum atomic E-state index is 13.3. The van der Waals surface area contributed by atoms with E-state index in [4.69, 9.17) is 5.10 Å². The molecule has 0 spiro atoms. The topological polar surface area (TPSA) is 107 Å². The molecule has 1 unspecified atom stereocenters. The molecule has 0 saturated heterocycles. The molecule has 9 heteroatoms. The first-order chi connectivity index (χ1) is 18.0. The van der Waals surface area contributed by atoms with Crippen LogP contribution in [0.5, 0.6) is 0 Å². The van der Waals surface area contributed by atoms with E-state index in [-0.39, 0.29) is 11.8 Å². The number of nitrogens with one attached hydrogen (secondary N) is 2. The minimum atomic E-state index is -0.511. The van der Waals surface area contributed by atoms with Crippen LogP contribution in [0.4, 0.5) is 11.4 Å². The summed E-state index contributed by atoms with van der Waals surface area (Å²) in [5.41, 5.74) is 5.08. The average Bonchev–Trinajstić information content (AvgIpc) is 3.61. The minimum absolute atomic E-state index is 0.224. The van der Waals surface area contributed by atoms with Crippen molar-refractivity contribution in [1.29, 1.82) is 0 Å². The number of amides is 2. The highest BCUT2D eigenvalue weighted by Crippen LogP contribution is 2.25. The summed E-state index contributed by atoms with van der Waals surface area (Å²) in [6, 6.07) is 24.0. The largest absolute Gasteiger partial charge is 0.324 e. The summed E-state index contributed by atoms with van der Waals surface area (Å²) >= 11 is 0. The van der Waals surface area contributed by atoms with Crippen molar-refractivity contribution in [2.75, 3.05) is 10.6 Å². The van der Waals surface area contributed by atoms with E-state index in [0.717, 1.165) is 16.8 Å². The number of benzene rings is 3. The number of anilines is 2. The smallest absolute Gasteiger partial charge is 0.259 e. The van der Waals surface area contributed by atoms with Crippen LogP contribution >= 0.6 is 0 Å². The average molecular weight is 492 g/mol. The number of hydrogen-bond donors (Lipinski definition) is 2. The van der Waals surface area contributed by atoms with Crippen molar-refractivity contribution in [3.63, 3.8) is 0 Å². The van der Waals surface area contributed by atoms with Gasteiger partial charge in [0.2, 0.25) is 5.91 Å². The molecule has 0 aliphatic rings. The Morgan fingerprint density at radius 3 is 2.19 bits per heavy atom. The Morgan fingerprint density at radius 2 is 1.54 bits per heavy atom. The predicted octanol–water partition coefficient (Wildman–Crippen LogP) is 4.89. The molecule has 5 rings (SSSR count). The van der Waals surface area contributed by atoms with Gasteiger partial charge in [-0.25, -0.2) is 14.3 Å². The van der Waals surface area contributed by atoms with Crippen LogP contribution in [0.25, 0.3) is 16.9 Å². The number of nitrogens with zero attached hydrogens (tertiary/aromatic N) is 5. The van der Waals surface area contributed by atoms with Gasteiger partial charge in [-0.05, 0) is 50.2 Å². The molecule has 1 atom stereocenters. The van der Waals surface area contributed by atoms with Crippen LogP contribution in [0.2, 0.25) is 0 Å². The molecule has 0 bridgehead atoms. The van der Waals surface area contributed by atoms with Crippen molar-refractivity contribution in [2.45, 2.75) is 19.9 Å². The molecule has 184 valence electrons. The lowest BCUT2D eigenvalue weighted by Gasteiger charge is -2.12. The van der Waals surface area contributed by atoms with E-state index in [0.29, 0.717) is 22.6 Å². The Bertz CT molecular complexity index is 1510. The van der Waals surface area contributed by atoms with Crippen LogP contribution in [0.15, 0.2) is 97.7 Å². The van der Waals surface area contributed by atoms with E-state index >= 15 is 0 Å². The predicted molar refractivity (Wildman–Crippen MR) is 141 cm³/mol. The van der Waals surface area contributed by atoms with Gasteiger partial charge in [0.1, 0.15) is 24.4 Å². The van der Waals surface area contributed by atoms with Crippen LogP contribution in [0, 0.1) is 6.92 Å². The monoisotopic (exact) mass is 491 g/mol. The van der Waals surface area contributed by atoms with Gasteiger partial charge in [-0.3, -0.25) is 9.59 Å². The third-order valence-electron chi connectivity index (χ3n) is 5.93. The maximum Gasteiger partial charge on any atom is 0.259 e. The second-order valence-corrected chi connectivity index (χ2v) is 8.61. The summed E-state index contributed by atoms with van der Waals surface area (Å²) in [5, 5.41) is 14.5. The van der Waals surface area contributed by atoms with Gasteiger partial charge >= 0.3 is 0 Å². The van der Waals surface area contributed by atoms with Gasteiger partial charge in [0, 0.05) is 23.1 Å². The molecule has 2 aromatic heterocycles. The third kappa shape index (κ3) is 5.30. The fourth-order valence-corrected chi connectivity index (χ4v) is 3.80. The highest BCUT2D eigenvalue weighted by atomic mass is 16.2. The first-order valence-electron chi connectivity index (χ1n) is 11.8. The molecule has 2 amide bonds. The Morgan fingerprint density at radius 1 is 0.865 bits per heavy atom. The molecule has 37 heavy (non-hydrogen) atoms. The molecule has 0 fully saturated rings. The fraction of sp³-hybridized carbons (Fsp3) is 0.107. The van der Waals surface area contributed by atoms with Crippen LogP contribution in [0.3, 0.4) is 0 Å². The van der Waals surface area contributed by atoms with Crippen LogP contribution in [-0.2, 0) is 4.79 Å². The number of aromatic nitrogens is 5. The van der Waals surface area contributed by atoms with Gasteiger partial charge in [0.25, 0.3) is 5.91 Å². The quantitative estimate of drug-likeness (QED) is 0.337. The van der Waals surface area contributed by atoms with E-state index in [1.165, 1.54) is 17.3 Å². The van der Waals surface area contributed by atoms with Crippen LogP contribution in [-0.4, -0.2) is 36.4 Å². The van der Waals surface area contributed by atoms with Gasteiger partial charge in [-0.15, -0.1) is 0 Å². The van der Waals surface area contributed by atoms with Crippen molar-refractivity contribution in [3.05, 3.63) is 109 Å². The number of hydrogen-bond acceptors (Lipinski definition) is 5. The lowest BCUT2D eigenvalue weighted by Crippen LogP contribution is -2.24. The molecule has 2 heterocycles. The van der Waals surface area contributed by atoms with E-state index < -0.39 is 6.04 Å². The zero-order chi connectivity index (χ0) is 25.8. The summed E-state index contributed by atoms with van der Waals surface area (Å²) in [4.78, 5) is 29.7. The fourth-order valence-electron chi connectivity index (χ4n) is 3.80. The van der Waals surface area contributed by atoms with Gasteiger partial charge in [0.05, 0.1) is 11.3 Å². The molecular formula is C28H25N7O2. The second kappa shape index (κ2) is 10.3. The summed E-state index contributed by atoms with van der Waals surface area (Å²) in [5.74, 6) is -0.507. The standard InChI is InChI=1S/C28H25N7O2/c1-19-8-14-24(15-9-19)34-16-25(26(33-34)21-6-4-3-5-7-21)28(37)32-23-12-10-22(11-13-23)31-27(36)20(2)35-18-29-17-30-35/h3-18,20H,1-2H3,(H,31,36)(H,32,37). The molecule has 2 N–H and O–H groups in total. The van der Waals surface area contributed by atoms with Gasteiger partial charge in [-0.1, -0.05) is 48.0 Å². The number of aryl methyl sites for hydroxylation is 1.